The van der Waals surface area contributed by atoms with E-state index in [0.29, 0.717) is 6.04 Å². The average molecular weight is 425 g/mol. The van der Waals surface area contributed by atoms with Gasteiger partial charge in [-0.3, -0.25) is 0 Å². The highest BCUT2D eigenvalue weighted by molar-refractivity contribution is 7.85. The molecule has 0 saturated carbocycles. The van der Waals surface area contributed by atoms with Gasteiger partial charge in [-0.1, -0.05) is 18.2 Å². The fraction of sp³-hybridized carbons (Fsp3) is 0.333. The Labute approximate surface area is 180 Å². The van der Waals surface area contributed by atoms with Crippen molar-refractivity contribution in [1.29, 1.82) is 0 Å². The first-order valence-corrected chi connectivity index (χ1v) is 12.2. The minimum Gasteiger partial charge on any atom is -0.339 e. The molecule has 3 aromatic rings. The molecule has 1 aliphatic heterocycles. The van der Waals surface area contributed by atoms with E-state index in [4.69, 9.17) is 0 Å². The number of aryl methyl sites for hydroxylation is 2. The van der Waals surface area contributed by atoms with Crippen LogP contribution in [-0.2, 0) is 10.8 Å². The molecule has 2 aromatic carbocycles. The number of hydrogen-bond acceptors (Lipinski definition) is 4. The summed E-state index contributed by atoms with van der Waals surface area (Å²) in [6, 6.07) is 14.8. The molecule has 1 N–H and O–H groups in total. The summed E-state index contributed by atoms with van der Waals surface area (Å²) in [5.74, 6) is 0. The average Bonchev–Trinajstić information content (AvgIpc) is 3.16. The standard InChI is InChI=1S/C24H28N2OS2/c1-16-10-11-23-24(17(16)2)26(21-8-5-6-9-22(21)29(23)27)14-7-13-25-18(3)20-12-15-28-19(20)4/h5-6,8-12,15,18,25H,7,13-14H2,1-4H3. The SMILES string of the molecule is Cc1ccc2c(c1C)N(CCCNC(C)c1ccsc1C)c1ccccc1S2=O. The van der Waals surface area contributed by atoms with Crippen LogP contribution in [0, 0.1) is 20.8 Å². The van der Waals surface area contributed by atoms with Crippen molar-refractivity contribution in [2.45, 2.75) is 49.9 Å². The predicted octanol–water partition coefficient (Wildman–Crippen LogP) is 6.03. The first-order chi connectivity index (χ1) is 14.0. The first kappa shape index (κ1) is 20.3. The normalized spacial score (nSPS) is 16.4. The molecule has 0 spiro atoms. The third-order valence-electron chi connectivity index (χ3n) is 5.86. The Morgan fingerprint density at radius 2 is 1.86 bits per heavy atom. The summed E-state index contributed by atoms with van der Waals surface area (Å²) in [4.78, 5) is 5.61. The zero-order valence-corrected chi connectivity index (χ0v) is 19.1. The lowest BCUT2D eigenvalue weighted by Crippen LogP contribution is -2.29. The maximum absolute atomic E-state index is 13.2. The van der Waals surface area contributed by atoms with Crippen molar-refractivity contribution in [1.82, 2.24) is 5.32 Å². The molecule has 0 bridgehead atoms. The van der Waals surface area contributed by atoms with Crippen LogP contribution in [0.25, 0.3) is 0 Å². The van der Waals surface area contributed by atoms with E-state index in [1.54, 1.807) is 11.3 Å². The highest BCUT2D eigenvalue weighted by atomic mass is 32.2. The Morgan fingerprint density at radius 1 is 1.07 bits per heavy atom. The van der Waals surface area contributed by atoms with Crippen molar-refractivity contribution < 1.29 is 4.21 Å². The highest BCUT2D eigenvalue weighted by Gasteiger charge is 2.29. The third kappa shape index (κ3) is 3.79. The second-order valence-corrected chi connectivity index (χ2v) is 10.2. The minimum absolute atomic E-state index is 0.360. The molecule has 0 radical (unpaired) electrons. The number of nitrogens with one attached hydrogen (secondary N) is 1. The largest absolute Gasteiger partial charge is 0.339 e. The van der Waals surface area contributed by atoms with Gasteiger partial charge >= 0.3 is 0 Å². The van der Waals surface area contributed by atoms with Gasteiger partial charge in [-0.15, -0.1) is 11.3 Å². The lowest BCUT2D eigenvalue weighted by Gasteiger charge is -2.34. The van der Waals surface area contributed by atoms with Crippen LogP contribution >= 0.6 is 11.3 Å². The molecular weight excluding hydrogens is 396 g/mol. The Morgan fingerprint density at radius 3 is 2.62 bits per heavy atom. The van der Waals surface area contributed by atoms with Gasteiger partial charge in [-0.05, 0) is 87.0 Å². The molecule has 0 amide bonds. The molecule has 2 heterocycles. The van der Waals surface area contributed by atoms with E-state index in [-0.39, 0.29) is 0 Å². The fourth-order valence-electron chi connectivity index (χ4n) is 4.08. The van der Waals surface area contributed by atoms with Crippen molar-refractivity contribution >= 4 is 33.5 Å². The van der Waals surface area contributed by atoms with Gasteiger partial charge in [0.15, 0.2) is 0 Å². The lowest BCUT2D eigenvalue weighted by atomic mass is 10.1. The molecule has 0 fully saturated rings. The number of anilines is 2. The summed E-state index contributed by atoms with van der Waals surface area (Å²) >= 11 is 1.81. The quantitative estimate of drug-likeness (QED) is 0.490. The van der Waals surface area contributed by atoms with Crippen LogP contribution < -0.4 is 10.2 Å². The highest BCUT2D eigenvalue weighted by Crippen LogP contribution is 2.44. The third-order valence-corrected chi connectivity index (χ3v) is 8.20. The van der Waals surface area contributed by atoms with E-state index in [9.17, 15) is 4.21 Å². The van der Waals surface area contributed by atoms with Crippen LogP contribution in [0.2, 0.25) is 0 Å². The van der Waals surface area contributed by atoms with Crippen molar-refractivity contribution in [3.05, 3.63) is 69.4 Å². The van der Waals surface area contributed by atoms with Crippen molar-refractivity contribution in [2.75, 3.05) is 18.0 Å². The van der Waals surface area contributed by atoms with Crippen LogP contribution in [0.1, 0.15) is 41.0 Å². The maximum atomic E-state index is 13.2. The molecule has 1 aromatic heterocycles. The van der Waals surface area contributed by atoms with Gasteiger partial charge in [-0.25, -0.2) is 4.21 Å². The number of benzene rings is 2. The summed E-state index contributed by atoms with van der Waals surface area (Å²) in [7, 11) is -1.12. The lowest BCUT2D eigenvalue weighted by molar-refractivity contribution is 0.559. The van der Waals surface area contributed by atoms with Crippen LogP contribution in [0.15, 0.2) is 57.6 Å². The van der Waals surface area contributed by atoms with Crippen LogP contribution in [0.4, 0.5) is 11.4 Å². The summed E-state index contributed by atoms with van der Waals surface area (Å²) < 4.78 is 13.2. The van der Waals surface area contributed by atoms with E-state index >= 15 is 0 Å². The van der Waals surface area contributed by atoms with Gasteiger partial charge in [-0.2, -0.15) is 0 Å². The Kier molecular flexibility index (Phi) is 5.91. The van der Waals surface area contributed by atoms with Gasteiger partial charge in [0, 0.05) is 17.5 Å². The molecule has 2 unspecified atom stereocenters. The van der Waals surface area contributed by atoms with E-state index in [0.717, 1.165) is 40.7 Å². The number of para-hydroxylation sites is 1. The molecule has 152 valence electrons. The molecule has 5 heteroatoms. The molecular formula is C24H28N2OS2. The monoisotopic (exact) mass is 424 g/mol. The van der Waals surface area contributed by atoms with E-state index in [2.05, 4.69) is 61.5 Å². The number of hydrogen-bond donors (Lipinski definition) is 1. The zero-order chi connectivity index (χ0) is 20.5. The van der Waals surface area contributed by atoms with E-state index in [1.807, 2.05) is 24.3 Å². The second kappa shape index (κ2) is 8.42. The number of fused-ring (bicyclic) bond motifs is 2. The van der Waals surface area contributed by atoms with Gasteiger partial charge in [0.05, 0.1) is 32.0 Å². The smallest absolute Gasteiger partial charge is 0.0892 e. The van der Waals surface area contributed by atoms with Gasteiger partial charge < -0.3 is 10.2 Å². The van der Waals surface area contributed by atoms with Gasteiger partial charge in [0.25, 0.3) is 0 Å². The second-order valence-electron chi connectivity index (χ2n) is 7.70. The zero-order valence-electron chi connectivity index (χ0n) is 17.5. The topological polar surface area (TPSA) is 32.3 Å². The van der Waals surface area contributed by atoms with E-state index < -0.39 is 10.8 Å². The molecule has 0 aliphatic carbocycles. The molecule has 3 nitrogen and oxygen atoms in total. The summed E-state index contributed by atoms with van der Waals surface area (Å²) in [5, 5.41) is 5.83. The molecule has 0 saturated heterocycles. The van der Waals surface area contributed by atoms with Crippen LogP contribution in [0.3, 0.4) is 0 Å². The molecule has 29 heavy (non-hydrogen) atoms. The predicted molar refractivity (Wildman–Crippen MR) is 124 cm³/mol. The number of nitrogens with zero attached hydrogens (tertiary/aromatic N) is 1. The minimum atomic E-state index is -1.12. The van der Waals surface area contributed by atoms with E-state index in [1.165, 1.54) is 21.6 Å². The number of thiophene rings is 1. The Bertz CT molecular complexity index is 1060. The summed E-state index contributed by atoms with van der Waals surface area (Å²) in [6.07, 6.45) is 1.02. The van der Waals surface area contributed by atoms with Crippen molar-refractivity contribution in [3.8, 4) is 0 Å². The Hall–Kier alpha value is -1.95. The van der Waals surface area contributed by atoms with Crippen molar-refractivity contribution in [3.63, 3.8) is 0 Å². The van der Waals surface area contributed by atoms with Crippen molar-refractivity contribution in [2.24, 2.45) is 0 Å². The number of rotatable bonds is 6. The first-order valence-electron chi connectivity index (χ1n) is 10.1. The van der Waals surface area contributed by atoms with Gasteiger partial charge in [0.1, 0.15) is 0 Å². The van der Waals surface area contributed by atoms with Crippen LogP contribution in [0.5, 0.6) is 0 Å². The molecule has 4 rings (SSSR count). The van der Waals surface area contributed by atoms with Crippen LogP contribution in [-0.4, -0.2) is 17.3 Å². The van der Waals surface area contributed by atoms with Gasteiger partial charge in [0.2, 0.25) is 0 Å². The molecule has 1 aliphatic rings. The fourth-order valence-corrected chi connectivity index (χ4v) is 6.32. The maximum Gasteiger partial charge on any atom is 0.0892 e. The Balaban J connectivity index is 1.54. The molecule has 2 atom stereocenters. The summed E-state index contributed by atoms with van der Waals surface area (Å²) in [5.41, 5.74) is 6.06. The summed E-state index contributed by atoms with van der Waals surface area (Å²) in [6.45, 7) is 10.5.